The molecule has 1 saturated heterocycles. The van der Waals surface area contributed by atoms with Gasteiger partial charge in [-0.2, -0.15) is 5.10 Å². The van der Waals surface area contributed by atoms with Gasteiger partial charge in [0.05, 0.1) is 6.21 Å². The molecule has 1 fully saturated rings. The number of hydrazone groups is 1. The molecule has 80 valence electrons. The molecule has 2 heterocycles. The van der Waals surface area contributed by atoms with Gasteiger partial charge in [0.1, 0.15) is 0 Å². The van der Waals surface area contributed by atoms with Crippen molar-refractivity contribution in [3.8, 4) is 0 Å². The molecule has 0 N–H and O–H groups in total. The fourth-order valence-corrected chi connectivity index (χ4v) is 1.51. The van der Waals surface area contributed by atoms with Gasteiger partial charge < -0.3 is 4.90 Å². The molecule has 0 unspecified atom stereocenters. The molecule has 2 rings (SSSR count). The zero-order chi connectivity index (χ0) is 10.5. The molecule has 0 aromatic carbocycles. The van der Waals surface area contributed by atoms with E-state index < -0.39 is 0 Å². The van der Waals surface area contributed by atoms with Crippen molar-refractivity contribution >= 4 is 6.21 Å². The lowest BCUT2D eigenvalue weighted by atomic mass is 10.3. The van der Waals surface area contributed by atoms with E-state index in [-0.39, 0.29) is 0 Å². The van der Waals surface area contributed by atoms with E-state index in [2.05, 4.69) is 27.0 Å². The van der Waals surface area contributed by atoms with Crippen LogP contribution in [0.4, 0.5) is 0 Å². The Labute approximate surface area is 90.2 Å². The second-order valence-electron chi connectivity index (χ2n) is 3.78. The van der Waals surface area contributed by atoms with Crippen molar-refractivity contribution in [3.63, 3.8) is 0 Å². The highest BCUT2D eigenvalue weighted by Crippen LogP contribution is 2.00. The van der Waals surface area contributed by atoms with Gasteiger partial charge in [0, 0.05) is 38.6 Å². The fourth-order valence-electron chi connectivity index (χ4n) is 1.51. The number of hydrogen-bond acceptors (Lipinski definition) is 4. The third-order valence-electron chi connectivity index (χ3n) is 2.56. The highest BCUT2D eigenvalue weighted by atomic mass is 15.5. The molecule has 1 aliphatic rings. The number of pyridine rings is 1. The van der Waals surface area contributed by atoms with Gasteiger partial charge in [0.25, 0.3) is 0 Å². The Morgan fingerprint density at radius 2 is 1.87 bits per heavy atom. The molecule has 0 bridgehead atoms. The van der Waals surface area contributed by atoms with Crippen LogP contribution >= 0.6 is 0 Å². The van der Waals surface area contributed by atoms with Crippen molar-refractivity contribution in [1.29, 1.82) is 0 Å². The molecule has 4 heteroatoms. The first-order chi connectivity index (χ1) is 7.34. The molecule has 15 heavy (non-hydrogen) atoms. The standard InChI is InChI=1S/C11H16N4/c1-14-6-8-15(9-7-14)13-10-11-2-4-12-5-3-11/h2-5,10H,6-9H2,1H3/b13-10-. The summed E-state index contributed by atoms with van der Waals surface area (Å²) in [6, 6.07) is 3.92. The topological polar surface area (TPSA) is 31.7 Å². The maximum atomic E-state index is 4.44. The predicted octanol–water partition coefficient (Wildman–Crippen LogP) is 0.663. The van der Waals surface area contributed by atoms with E-state index in [0.29, 0.717) is 0 Å². The van der Waals surface area contributed by atoms with E-state index in [0.717, 1.165) is 31.7 Å². The Kier molecular flexibility index (Phi) is 3.29. The first-order valence-corrected chi connectivity index (χ1v) is 5.22. The monoisotopic (exact) mass is 204 g/mol. The lowest BCUT2D eigenvalue weighted by Gasteiger charge is -2.30. The van der Waals surface area contributed by atoms with Crippen LogP contribution in [0.25, 0.3) is 0 Å². The number of piperazine rings is 1. The SMILES string of the molecule is CN1CCN(/N=C\c2ccncc2)CC1. The number of rotatable bonds is 2. The van der Waals surface area contributed by atoms with Crippen LogP contribution in [0.1, 0.15) is 5.56 Å². The number of nitrogens with zero attached hydrogens (tertiary/aromatic N) is 4. The normalized spacial score (nSPS) is 18.6. The van der Waals surface area contributed by atoms with Crippen molar-refractivity contribution in [1.82, 2.24) is 14.9 Å². The van der Waals surface area contributed by atoms with Crippen molar-refractivity contribution in [3.05, 3.63) is 30.1 Å². The Hall–Kier alpha value is -1.42. The highest BCUT2D eigenvalue weighted by Gasteiger charge is 2.10. The van der Waals surface area contributed by atoms with Crippen LogP contribution < -0.4 is 0 Å². The first-order valence-electron chi connectivity index (χ1n) is 5.22. The van der Waals surface area contributed by atoms with Crippen LogP contribution in [-0.4, -0.2) is 54.3 Å². The molecule has 1 aromatic rings. The Morgan fingerprint density at radius 3 is 2.53 bits per heavy atom. The number of hydrogen-bond donors (Lipinski definition) is 0. The first kappa shape index (κ1) is 10.1. The average Bonchev–Trinajstić information content (AvgIpc) is 2.30. The highest BCUT2D eigenvalue weighted by molar-refractivity contribution is 5.78. The van der Waals surface area contributed by atoms with Crippen molar-refractivity contribution in [2.75, 3.05) is 33.2 Å². The molecule has 0 aliphatic carbocycles. The number of likely N-dealkylation sites (N-methyl/N-ethyl adjacent to an activating group) is 1. The van der Waals surface area contributed by atoms with E-state index in [1.807, 2.05) is 18.3 Å². The van der Waals surface area contributed by atoms with Crippen LogP contribution in [0, 0.1) is 0 Å². The Morgan fingerprint density at radius 1 is 1.20 bits per heavy atom. The van der Waals surface area contributed by atoms with Gasteiger partial charge in [-0.15, -0.1) is 0 Å². The Balaban J connectivity index is 1.89. The number of aromatic nitrogens is 1. The zero-order valence-electron chi connectivity index (χ0n) is 9.00. The van der Waals surface area contributed by atoms with Crippen LogP contribution in [0.2, 0.25) is 0 Å². The molecule has 1 aromatic heterocycles. The summed E-state index contributed by atoms with van der Waals surface area (Å²) in [5.74, 6) is 0. The van der Waals surface area contributed by atoms with E-state index in [9.17, 15) is 0 Å². The zero-order valence-corrected chi connectivity index (χ0v) is 9.00. The minimum absolute atomic E-state index is 1.01. The molecular weight excluding hydrogens is 188 g/mol. The minimum Gasteiger partial charge on any atom is -0.303 e. The lowest BCUT2D eigenvalue weighted by molar-refractivity contribution is 0.159. The third kappa shape index (κ3) is 3.02. The van der Waals surface area contributed by atoms with Crippen molar-refractivity contribution in [2.24, 2.45) is 5.10 Å². The molecule has 0 saturated carbocycles. The van der Waals surface area contributed by atoms with Crippen LogP contribution in [0.5, 0.6) is 0 Å². The maximum absolute atomic E-state index is 4.44. The summed E-state index contributed by atoms with van der Waals surface area (Å²) in [5.41, 5.74) is 1.10. The Bertz CT molecular complexity index is 315. The molecule has 0 spiro atoms. The van der Waals surface area contributed by atoms with E-state index >= 15 is 0 Å². The van der Waals surface area contributed by atoms with Gasteiger partial charge in [0.15, 0.2) is 0 Å². The van der Waals surface area contributed by atoms with Crippen molar-refractivity contribution < 1.29 is 0 Å². The van der Waals surface area contributed by atoms with E-state index in [1.165, 1.54) is 0 Å². The summed E-state index contributed by atoms with van der Waals surface area (Å²) in [6.45, 7) is 4.21. The minimum atomic E-state index is 1.01. The van der Waals surface area contributed by atoms with Crippen LogP contribution in [-0.2, 0) is 0 Å². The summed E-state index contributed by atoms with van der Waals surface area (Å²) in [6.07, 6.45) is 5.46. The second kappa shape index (κ2) is 4.89. The predicted molar refractivity (Wildman–Crippen MR) is 60.9 cm³/mol. The summed E-state index contributed by atoms with van der Waals surface area (Å²) in [7, 11) is 2.14. The van der Waals surface area contributed by atoms with Gasteiger partial charge >= 0.3 is 0 Å². The summed E-state index contributed by atoms with van der Waals surface area (Å²) >= 11 is 0. The van der Waals surface area contributed by atoms with Crippen LogP contribution in [0.15, 0.2) is 29.6 Å². The fraction of sp³-hybridized carbons (Fsp3) is 0.455. The average molecular weight is 204 g/mol. The summed E-state index contributed by atoms with van der Waals surface area (Å²) < 4.78 is 0. The molecule has 0 radical (unpaired) electrons. The molecule has 0 amide bonds. The second-order valence-corrected chi connectivity index (χ2v) is 3.78. The quantitative estimate of drug-likeness (QED) is 0.663. The van der Waals surface area contributed by atoms with Gasteiger partial charge in [-0.05, 0) is 24.7 Å². The van der Waals surface area contributed by atoms with Gasteiger partial charge in [0.2, 0.25) is 0 Å². The van der Waals surface area contributed by atoms with Crippen LogP contribution in [0.3, 0.4) is 0 Å². The molecular formula is C11H16N4. The maximum Gasteiger partial charge on any atom is 0.0544 e. The smallest absolute Gasteiger partial charge is 0.0544 e. The summed E-state index contributed by atoms with van der Waals surface area (Å²) in [5, 5.41) is 6.55. The molecule has 4 nitrogen and oxygen atoms in total. The van der Waals surface area contributed by atoms with Gasteiger partial charge in [-0.3, -0.25) is 9.99 Å². The molecule has 0 atom stereocenters. The van der Waals surface area contributed by atoms with E-state index in [1.54, 1.807) is 12.4 Å². The largest absolute Gasteiger partial charge is 0.303 e. The lowest BCUT2D eigenvalue weighted by Crippen LogP contribution is -2.41. The van der Waals surface area contributed by atoms with Gasteiger partial charge in [-0.1, -0.05) is 0 Å². The van der Waals surface area contributed by atoms with Crippen molar-refractivity contribution in [2.45, 2.75) is 0 Å². The van der Waals surface area contributed by atoms with E-state index in [4.69, 9.17) is 0 Å². The summed E-state index contributed by atoms with van der Waals surface area (Å²) in [4.78, 5) is 6.29. The van der Waals surface area contributed by atoms with Gasteiger partial charge in [-0.25, -0.2) is 0 Å². The third-order valence-corrected chi connectivity index (χ3v) is 2.56. The molecule has 1 aliphatic heterocycles.